The molecule has 3 fully saturated rings. The molecule has 1 aliphatic carbocycles. The fraction of sp³-hybridized carbons (Fsp3) is 0.500. The molecule has 2 atom stereocenters. The fourth-order valence-electron chi connectivity index (χ4n) is 5.40. The Kier molecular flexibility index (Phi) is 5.04. The lowest BCUT2D eigenvalue weighted by Gasteiger charge is -2.50. The molecule has 0 radical (unpaired) electrons. The SMILES string of the molecule is CC1(C)CC1C(=O)N1CC2(CN(C(=O)c3cnn(Cc4ccccc4)c3)CC2C(=O)NN)C1. The molecule has 3 amide bonds. The van der Waals surface area contributed by atoms with Crippen LogP contribution in [0.3, 0.4) is 0 Å². The van der Waals surface area contributed by atoms with Crippen molar-refractivity contribution in [3.63, 3.8) is 0 Å². The minimum absolute atomic E-state index is 0.0610. The van der Waals surface area contributed by atoms with Gasteiger partial charge >= 0.3 is 0 Å². The van der Waals surface area contributed by atoms with Crippen LogP contribution in [0.5, 0.6) is 0 Å². The number of carbonyl (C=O) groups is 3. The van der Waals surface area contributed by atoms with E-state index in [1.807, 2.05) is 35.2 Å². The Hall–Kier alpha value is -3.20. The number of hydrogen-bond donors (Lipinski definition) is 2. The maximum absolute atomic E-state index is 13.2. The maximum Gasteiger partial charge on any atom is 0.257 e. The number of aromatic nitrogens is 2. The van der Waals surface area contributed by atoms with Crippen molar-refractivity contribution in [3.8, 4) is 0 Å². The lowest BCUT2D eigenvalue weighted by Crippen LogP contribution is -2.64. The molecule has 0 bridgehead atoms. The number of rotatable bonds is 5. The highest BCUT2D eigenvalue weighted by Gasteiger charge is 2.61. The number of nitrogens with two attached hydrogens (primary N) is 1. The van der Waals surface area contributed by atoms with Gasteiger partial charge in [0.05, 0.1) is 24.2 Å². The predicted octanol–water partition coefficient (Wildman–Crippen LogP) is 0.868. The quantitative estimate of drug-likeness (QED) is 0.399. The third-order valence-corrected chi connectivity index (χ3v) is 7.60. The zero-order valence-corrected chi connectivity index (χ0v) is 19.0. The van der Waals surface area contributed by atoms with Crippen molar-refractivity contribution < 1.29 is 14.4 Å². The van der Waals surface area contributed by atoms with Crippen molar-refractivity contribution in [3.05, 3.63) is 53.9 Å². The number of nitrogens with zero attached hydrogens (tertiary/aromatic N) is 4. The van der Waals surface area contributed by atoms with Crippen LogP contribution in [0.15, 0.2) is 42.7 Å². The van der Waals surface area contributed by atoms with Crippen molar-refractivity contribution >= 4 is 17.7 Å². The summed E-state index contributed by atoms with van der Waals surface area (Å²) in [6.07, 6.45) is 4.21. The lowest BCUT2D eigenvalue weighted by molar-refractivity contribution is -0.151. The summed E-state index contributed by atoms with van der Waals surface area (Å²) in [5.41, 5.74) is 3.45. The molecule has 5 rings (SSSR count). The van der Waals surface area contributed by atoms with Gasteiger partial charge in [0.1, 0.15) is 0 Å². The molecule has 2 aliphatic heterocycles. The van der Waals surface area contributed by atoms with Crippen molar-refractivity contribution in [2.45, 2.75) is 26.8 Å². The van der Waals surface area contributed by atoms with Crippen LogP contribution in [-0.4, -0.2) is 63.5 Å². The molecule has 2 unspecified atom stereocenters. The number of hydrogen-bond acceptors (Lipinski definition) is 5. The molecular weight excluding hydrogens is 420 g/mol. The van der Waals surface area contributed by atoms with Crippen LogP contribution in [0.1, 0.15) is 36.2 Å². The van der Waals surface area contributed by atoms with Gasteiger partial charge in [0.2, 0.25) is 11.8 Å². The molecule has 9 heteroatoms. The van der Waals surface area contributed by atoms with Crippen LogP contribution in [-0.2, 0) is 16.1 Å². The molecule has 3 aliphatic rings. The van der Waals surface area contributed by atoms with Gasteiger partial charge in [-0.1, -0.05) is 44.2 Å². The van der Waals surface area contributed by atoms with E-state index in [-0.39, 0.29) is 35.6 Å². The molecule has 2 aromatic rings. The molecule has 3 heterocycles. The standard InChI is InChI=1S/C24H30N6O3/c1-23(2)8-18(23)22(33)29-14-24(15-29)13-28(12-19(24)20(31)27-25)21(32)17-9-26-30(11-17)10-16-6-4-3-5-7-16/h3-7,9,11,18-19H,8,10,12-15,25H2,1-2H3,(H,27,31). The molecule has 174 valence electrons. The number of benzene rings is 1. The molecule has 1 spiro atoms. The van der Waals surface area contributed by atoms with E-state index in [4.69, 9.17) is 5.84 Å². The number of carbonyl (C=O) groups excluding carboxylic acids is 3. The highest BCUT2D eigenvalue weighted by atomic mass is 16.2. The molecular formula is C24H30N6O3. The van der Waals surface area contributed by atoms with Crippen LogP contribution in [0.4, 0.5) is 0 Å². The zero-order chi connectivity index (χ0) is 23.4. The van der Waals surface area contributed by atoms with Crippen LogP contribution >= 0.6 is 0 Å². The predicted molar refractivity (Wildman–Crippen MR) is 120 cm³/mol. The average molecular weight is 451 g/mol. The summed E-state index contributed by atoms with van der Waals surface area (Å²) in [5.74, 6) is 4.78. The lowest BCUT2D eigenvalue weighted by atomic mass is 9.71. The highest BCUT2D eigenvalue weighted by molar-refractivity contribution is 5.95. The first kappa shape index (κ1) is 21.6. The summed E-state index contributed by atoms with van der Waals surface area (Å²) in [6, 6.07) is 9.91. The van der Waals surface area contributed by atoms with E-state index in [1.54, 1.807) is 22.0 Å². The minimum Gasteiger partial charge on any atom is -0.341 e. The van der Waals surface area contributed by atoms with Crippen molar-refractivity contribution in [1.82, 2.24) is 25.0 Å². The third kappa shape index (κ3) is 3.80. The Balaban J connectivity index is 1.27. The van der Waals surface area contributed by atoms with E-state index < -0.39 is 11.3 Å². The number of nitrogens with one attached hydrogen (secondary N) is 1. The number of hydrazine groups is 1. The Morgan fingerprint density at radius 2 is 1.76 bits per heavy atom. The van der Waals surface area contributed by atoms with E-state index in [1.165, 1.54) is 0 Å². The Labute approximate surface area is 192 Å². The van der Waals surface area contributed by atoms with E-state index in [2.05, 4.69) is 24.4 Å². The molecule has 1 aromatic carbocycles. The summed E-state index contributed by atoms with van der Waals surface area (Å²) in [7, 11) is 0. The fourth-order valence-corrected chi connectivity index (χ4v) is 5.40. The topological polar surface area (TPSA) is 114 Å². The molecule has 2 saturated heterocycles. The van der Waals surface area contributed by atoms with Crippen LogP contribution in [0.25, 0.3) is 0 Å². The van der Waals surface area contributed by atoms with Crippen LogP contribution in [0, 0.1) is 22.7 Å². The van der Waals surface area contributed by atoms with Gasteiger partial charge in [-0.15, -0.1) is 0 Å². The van der Waals surface area contributed by atoms with Crippen molar-refractivity contribution in [1.29, 1.82) is 0 Å². The molecule has 33 heavy (non-hydrogen) atoms. The van der Waals surface area contributed by atoms with Crippen molar-refractivity contribution in [2.24, 2.45) is 28.5 Å². The van der Waals surface area contributed by atoms with Crippen molar-refractivity contribution in [2.75, 3.05) is 26.2 Å². The second-order valence-corrected chi connectivity index (χ2v) is 10.5. The largest absolute Gasteiger partial charge is 0.341 e. The smallest absolute Gasteiger partial charge is 0.257 e. The monoisotopic (exact) mass is 450 g/mol. The first-order valence-corrected chi connectivity index (χ1v) is 11.4. The van der Waals surface area contributed by atoms with Crippen LogP contribution in [0.2, 0.25) is 0 Å². The van der Waals surface area contributed by atoms with Gasteiger partial charge in [0.15, 0.2) is 0 Å². The van der Waals surface area contributed by atoms with Gasteiger partial charge in [-0.2, -0.15) is 5.10 Å². The molecule has 3 N–H and O–H groups in total. The number of likely N-dealkylation sites (tertiary alicyclic amines) is 2. The molecule has 1 saturated carbocycles. The van der Waals surface area contributed by atoms with E-state index in [9.17, 15) is 14.4 Å². The second kappa shape index (κ2) is 7.69. The Bertz CT molecular complexity index is 1090. The Morgan fingerprint density at radius 1 is 1.09 bits per heavy atom. The first-order valence-electron chi connectivity index (χ1n) is 11.4. The van der Waals surface area contributed by atoms with Gasteiger partial charge in [0.25, 0.3) is 5.91 Å². The van der Waals surface area contributed by atoms with Crippen LogP contribution < -0.4 is 11.3 Å². The zero-order valence-electron chi connectivity index (χ0n) is 19.0. The normalized spacial score (nSPS) is 24.5. The van der Waals surface area contributed by atoms with Gasteiger partial charge < -0.3 is 9.80 Å². The summed E-state index contributed by atoms with van der Waals surface area (Å²) >= 11 is 0. The van der Waals surface area contributed by atoms with Gasteiger partial charge in [-0.3, -0.25) is 24.5 Å². The summed E-state index contributed by atoms with van der Waals surface area (Å²) in [6.45, 7) is 6.44. The van der Waals surface area contributed by atoms with Gasteiger partial charge in [-0.05, 0) is 17.4 Å². The second-order valence-electron chi connectivity index (χ2n) is 10.5. The molecule has 9 nitrogen and oxygen atoms in total. The summed E-state index contributed by atoms with van der Waals surface area (Å²) < 4.78 is 1.74. The third-order valence-electron chi connectivity index (χ3n) is 7.60. The number of amides is 3. The first-order chi connectivity index (χ1) is 15.7. The summed E-state index contributed by atoms with van der Waals surface area (Å²) in [4.78, 5) is 42.1. The highest BCUT2D eigenvalue weighted by Crippen LogP contribution is 2.54. The summed E-state index contributed by atoms with van der Waals surface area (Å²) in [5, 5.41) is 4.34. The van der Waals surface area contributed by atoms with E-state index in [0.717, 1.165) is 12.0 Å². The Morgan fingerprint density at radius 3 is 2.39 bits per heavy atom. The van der Waals surface area contributed by atoms with E-state index in [0.29, 0.717) is 31.7 Å². The molecule has 1 aromatic heterocycles. The average Bonchev–Trinajstić information content (AvgIpc) is 3.13. The maximum atomic E-state index is 13.2. The van der Waals surface area contributed by atoms with Gasteiger partial charge in [-0.25, -0.2) is 5.84 Å². The van der Waals surface area contributed by atoms with E-state index >= 15 is 0 Å². The van der Waals surface area contributed by atoms with Gasteiger partial charge in [0, 0.05) is 43.7 Å². The minimum atomic E-state index is -0.451.